The van der Waals surface area contributed by atoms with Crippen molar-refractivity contribution in [1.82, 2.24) is 0 Å². The van der Waals surface area contributed by atoms with Crippen molar-refractivity contribution in [2.24, 2.45) is 11.7 Å². The third kappa shape index (κ3) is 4.59. The fourth-order valence-electron chi connectivity index (χ4n) is 4.08. The molecule has 0 aliphatic carbocycles. The number of ether oxygens (including phenoxy) is 2. The van der Waals surface area contributed by atoms with Crippen molar-refractivity contribution in [3.05, 3.63) is 58.6 Å². The summed E-state index contributed by atoms with van der Waals surface area (Å²) >= 11 is 0. The second kappa shape index (κ2) is 9.29. The predicted octanol–water partition coefficient (Wildman–Crippen LogP) is 3.17. The van der Waals surface area contributed by atoms with Crippen molar-refractivity contribution in [2.45, 2.75) is 44.6 Å². The Balaban J connectivity index is 2.09. The molecule has 1 aromatic carbocycles. The molecule has 1 saturated heterocycles. The summed E-state index contributed by atoms with van der Waals surface area (Å²) in [5.41, 5.74) is 1.44. The Labute approximate surface area is 196 Å². The molecule has 2 aromatic rings. The van der Waals surface area contributed by atoms with Crippen LogP contribution in [0.1, 0.15) is 42.7 Å². The smallest absolute Gasteiger partial charge is 0.417 e. The molecule has 2 heterocycles. The molecule has 1 fully saturated rings. The number of anilines is 1. The SMILES string of the molecule is CCOc1c([C@H]2[C@H](C(=O)Nc3cc[n+]([O-])c(C(N)=O)c3)O[C@@](C)(C(F)(F)F)[C@H]2C)ccc(F)c1F. The summed E-state index contributed by atoms with van der Waals surface area (Å²) in [7, 11) is 0. The van der Waals surface area contributed by atoms with E-state index in [9.17, 15) is 36.7 Å². The number of carbonyl (C=O) groups excluding carboxylic acids is 2. The molecule has 0 spiro atoms. The molecule has 3 N–H and O–H groups in total. The molecule has 190 valence electrons. The van der Waals surface area contributed by atoms with Gasteiger partial charge >= 0.3 is 12.1 Å². The molecule has 1 aliphatic heterocycles. The van der Waals surface area contributed by atoms with Gasteiger partial charge in [-0.25, -0.2) is 4.39 Å². The molecule has 8 nitrogen and oxygen atoms in total. The molecule has 4 atom stereocenters. The number of pyridine rings is 1. The number of benzene rings is 1. The Morgan fingerprint density at radius 1 is 1.29 bits per heavy atom. The van der Waals surface area contributed by atoms with Crippen LogP contribution in [0.5, 0.6) is 5.75 Å². The van der Waals surface area contributed by atoms with E-state index < -0.39 is 64.6 Å². The third-order valence-corrected chi connectivity index (χ3v) is 6.09. The van der Waals surface area contributed by atoms with Crippen LogP contribution in [0.2, 0.25) is 0 Å². The second-order valence-corrected chi connectivity index (χ2v) is 8.15. The van der Waals surface area contributed by atoms with Crippen LogP contribution in [0.15, 0.2) is 30.5 Å². The molecular weight excluding hydrogens is 481 g/mol. The molecule has 0 saturated carbocycles. The lowest BCUT2D eigenvalue weighted by molar-refractivity contribution is -0.607. The molecule has 13 heteroatoms. The van der Waals surface area contributed by atoms with Crippen molar-refractivity contribution in [1.29, 1.82) is 0 Å². The fourth-order valence-corrected chi connectivity index (χ4v) is 4.08. The number of nitrogens with zero attached hydrogens (tertiary/aromatic N) is 1. The lowest BCUT2D eigenvalue weighted by Gasteiger charge is -2.32. The van der Waals surface area contributed by atoms with Gasteiger partial charge in [-0.2, -0.15) is 22.3 Å². The van der Waals surface area contributed by atoms with Crippen molar-refractivity contribution in [3.8, 4) is 5.75 Å². The summed E-state index contributed by atoms with van der Waals surface area (Å²) in [5, 5.41) is 14.0. The standard InChI is InChI=1S/C22H22F5N3O5/c1-4-34-17-12(5-6-13(23)16(17)24)15-10(2)21(3,22(25,26)27)35-18(15)20(32)29-11-7-8-30(33)14(9-11)19(28)31/h5-10,15,18H,4H2,1-3H3,(H2,28,31)(H,29,32)/t10-,15-,18+,21+/m0/s1. The highest BCUT2D eigenvalue weighted by molar-refractivity contribution is 5.97. The van der Waals surface area contributed by atoms with Crippen LogP contribution < -0.4 is 20.5 Å². The van der Waals surface area contributed by atoms with Crippen LogP contribution in [-0.4, -0.2) is 36.3 Å². The quantitative estimate of drug-likeness (QED) is 0.357. The highest BCUT2D eigenvalue weighted by Crippen LogP contribution is 2.55. The average molecular weight is 503 g/mol. The van der Waals surface area contributed by atoms with E-state index in [0.717, 1.165) is 37.4 Å². The molecule has 0 unspecified atom stereocenters. The minimum absolute atomic E-state index is 0.123. The topological polar surface area (TPSA) is 118 Å². The van der Waals surface area contributed by atoms with Gasteiger partial charge in [0.1, 0.15) is 6.10 Å². The molecule has 1 aromatic heterocycles. The van der Waals surface area contributed by atoms with Gasteiger partial charge in [-0.05, 0) is 19.9 Å². The van der Waals surface area contributed by atoms with E-state index in [-0.39, 0.29) is 22.6 Å². The Hall–Kier alpha value is -3.48. The van der Waals surface area contributed by atoms with Gasteiger partial charge in [0.2, 0.25) is 5.82 Å². The van der Waals surface area contributed by atoms with Gasteiger partial charge in [0, 0.05) is 29.5 Å². The first kappa shape index (κ1) is 26.1. The zero-order valence-corrected chi connectivity index (χ0v) is 18.8. The summed E-state index contributed by atoms with van der Waals surface area (Å²) in [6, 6.07) is 3.80. The number of carbonyl (C=O) groups is 2. The van der Waals surface area contributed by atoms with Crippen LogP contribution in [0.25, 0.3) is 0 Å². The van der Waals surface area contributed by atoms with Crippen molar-refractivity contribution in [3.63, 3.8) is 0 Å². The first-order chi connectivity index (χ1) is 16.2. The number of nitrogens with one attached hydrogen (secondary N) is 1. The Morgan fingerprint density at radius 3 is 2.51 bits per heavy atom. The highest BCUT2D eigenvalue weighted by atomic mass is 19.4. The first-order valence-corrected chi connectivity index (χ1v) is 10.4. The Kier molecular flexibility index (Phi) is 6.93. The molecule has 2 amide bonds. The van der Waals surface area contributed by atoms with E-state index in [1.807, 2.05) is 0 Å². The number of amides is 2. The van der Waals surface area contributed by atoms with E-state index in [2.05, 4.69) is 5.32 Å². The van der Waals surface area contributed by atoms with Crippen molar-refractivity contribution in [2.75, 3.05) is 11.9 Å². The summed E-state index contributed by atoms with van der Waals surface area (Å²) < 4.78 is 81.1. The maximum Gasteiger partial charge on any atom is 0.417 e. The van der Waals surface area contributed by atoms with E-state index in [4.69, 9.17) is 15.2 Å². The number of halogens is 5. The second-order valence-electron chi connectivity index (χ2n) is 8.15. The van der Waals surface area contributed by atoms with Crippen molar-refractivity contribution >= 4 is 17.5 Å². The van der Waals surface area contributed by atoms with Crippen LogP contribution in [0.3, 0.4) is 0 Å². The summed E-state index contributed by atoms with van der Waals surface area (Å²) in [6.07, 6.45) is -5.89. The van der Waals surface area contributed by atoms with Crippen LogP contribution in [0.4, 0.5) is 27.6 Å². The molecule has 0 radical (unpaired) electrons. The van der Waals surface area contributed by atoms with Gasteiger partial charge < -0.3 is 25.7 Å². The first-order valence-electron chi connectivity index (χ1n) is 10.4. The van der Waals surface area contributed by atoms with E-state index >= 15 is 0 Å². The molecule has 35 heavy (non-hydrogen) atoms. The van der Waals surface area contributed by atoms with Gasteiger partial charge in [-0.3, -0.25) is 9.59 Å². The van der Waals surface area contributed by atoms with E-state index in [1.54, 1.807) is 0 Å². The monoisotopic (exact) mass is 503 g/mol. The van der Waals surface area contributed by atoms with Gasteiger partial charge in [-0.1, -0.05) is 13.0 Å². The zero-order chi connectivity index (χ0) is 26.3. The third-order valence-electron chi connectivity index (χ3n) is 6.09. The molecule has 3 rings (SSSR count). The number of primary amides is 1. The number of alkyl halides is 3. The molecule has 1 aliphatic rings. The predicted molar refractivity (Wildman–Crippen MR) is 111 cm³/mol. The maximum atomic E-state index is 14.5. The van der Waals surface area contributed by atoms with Crippen LogP contribution in [0, 0.1) is 22.8 Å². The average Bonchev–Trinajstić information content (AvgIpc) is 3.05. The summed E-state index contributed by atoms with van der Waals surface area (Å²) in [4.78, 5) is 24.5. The minimum atomic E-state index is -4.93. The summed E-state index contributed by atoms with van der Waals surface area (Å²) in [5.74, 6) is -8.36. The number of rotatable bonds is 6. The number of nitrogens with two attached hydrogens (primary N) is 1. The lowest BCUT2D eigenvalue weighted by atomic mass is 9.77. The van der Waals surface area contributed by atoms with E-state index in [1.165, 1.54) is 13.8 Å². The number of hydrogen-bond acceptors (Lipinski definition) is 5. The largest absolute Gasteiger partial charge is 0.618 e. The molecular formula is C22H22F5N3O5. The highest BCUT2D eigenvalue weighted by Gasteiger charge is 2.66. The van der Waals surface area contributed by atoms with E-state index in [0.29, 0.717) is 0 Å². The van der Waals surface area contributed by atoms with Gasteiger partial charge in [0.05, 0.1) is 12.3 Å². The Morgan fingerprint density at radius 2 is 1.94 bits per heavy atom. The number of hydrogen-bond donors (Lipinski definition) is 2. The molecule has 0 bridgehead atoms. The maximum absolute atomic E-state index is 14.5. The van der Waals surface area contributed by atoms with Gasteiger partial charge in [-0.15, -0.1) is 0 Å². The number of aromatic nitrogens is 1. The van der Waals surface area contributed by atoms with Crippen LogP contribution >= 0.6 is 0 Å². The van der Waals surface area contributed by atoms with Gasteiger partial charge in [0.25, 0.3) is 11.6 Å². The van der Waals surface area contributed by atoms with Crippen molar-refractivity contribution < 1.29 is 45.7 Å². The lowest BCUT2D eigenvalue weighted by Crippen LogP contribution is -2.47. The normalized spacial score (nSPS) is 24.3. The van der Waals surface area contributed by atoms with Gasteiger partial charge in [0.15, 0.2) is 23.4 Å². The Bertz CT molecular complexity index is 1160. The summed E-state index contributed by atoms with van der Waals surface area (Å²) in [6.45, 7) is 3.28. The minimum Gasteiger partial charge on any atom is -0.618 e. The fraction of sp³-hybridized carbons (Fsp3) is 0.409. The van der Waals surface area contributed by atoms with Crippen LogP contribution in [-0.2, 0) is 9.53 Å². The zero-order valence-electron chi connectivity index (χ0n) is 18.8.